The van der Waals surface area contributed by atoms with Gasteiger partial charge in [0.15, 0.2) is 0 Å². The van der Waals surface area contributed by atoms with E-state index in [1.165, 1.54) is 12.1 Å². The van der Waals surface area contributed by atoms with Gasteiger partial charge in [-0.3, -0.25) is 19.5 Å². The lowest BCUT2D eigenvalue weighted by Crippen LogP contribution is -2.37. The van der Waals surface area contributed by atoms with Crippen molar-refractivity contribution in [2.24, 2.45) is 0 Å². The standard InChI is InChI=1S/C19H18FN3O3S/c20-13-6-8-14(9-7-13)27-11-3-10-21-17(24)12-23-19(26)16-5-2-1-4-15(16)18(25)22-23/h1-2,4-9H,3,10-12H2,(H,21,24)(H,22,25). The number of halogens is 1. The second kappa shape index (κ2) is 8.68. The molecule has 27 heavy (non-hydrogen) atoms. The molecule has 1 amide bonds. The Balaban J connectivity index is 1.50. The first-order valence-corrected chi connectivity index (χ1v) is 9.40. The fraction of sp³-hybridized carbons (Fsp3) is 0.211. The summed E-state index contributed by atoms with van der Waals surface area (Å²) in [5.74, 6) is 0.141. The molecule has 2 aromatic carbocycles. The SMILES string of the molecule is O=C(Cn1[nH]c(=O)c2ccccc2c1=O)NCCCSc1ccc(F)cc1. The molecule has 3 rings (SSSR count). The molecule has 1 heterocycles. The van der Waals surface area contributed by atoms with Crippen LogP contribution in [0, 0.1) is 5.82 Å². The van der Waals surface area contributed by atoms with Crippen molar-refractivity contribution >= 4 is 28.4 Å². The lowest BCUT2D eigenvalue weighted by Gasteiger charge is -2.08. The lowest BCUT2D eigenvalue weighted by atomic mass is 10.2. The Morgan fingerprint density at radius 2 is 1.78 bits per heavy atom. The highest BCUT2D eigenvalue weighted by molar-refractivity contribution is 7.99. The van der Waals surface area contributed by atoms with Gasteiger partial charge in [0.1, 0.15) is 12.4 Å². The van der Waals surface area contributed by atoms with Crippen LogP contribution in [0.4, 0.5) is 4.39 Å². The number of hydrogen-bond acceptors (Lipinski definition) is 4. The minimum absolute atomic E-state index is 0.246. The fourth-order valence-electron chi connectivity index (χ4n) is 2.58. The van der Waals surface area contributed by atoms with Gasteiger partial charge in [-0.2, -0.15) is 0 Å². The molecule has 3 aromatic rings. The molecule has 0 unspecified atom stereocenters. The molecular weight excluding hydrogens is 369 g/mol. The zero-order valence-electron chi connectivity index (χ0n) is 14.4. The number of hydrogen-bond donors (Lipinski definition) is 2. The first-order chi connectivity index (χ1) is 13.0. The molecular formula is C19H18FN3O3S. The monoisotopic (exact) mass is 387 g/mol. The lowest BCUT2D eigenvalue weighted by molar-refractivity contribution is -0.121. The number of benzene rings is 2. The predicted octanol–water partition coefficient (Wildman–Crippen LogP) is 2.13. The van der Waals surface area contributed by atoms with Crippen molar-refractivity contribution in [2.75, 3.05) is 12.3 Å². The second-order valence-electron chi connectivity index (χ2n) is 5.88. The van der Waals surface area contributed by atoms with Crippen molar-refractivity contribution in [3.63, 3.8) is 0 Å². The highest BCUT2D eigenvalue weighted by Crippen LogP contribution is 2.18. The number of rotatable bonds is 7. The maximum absolute atomic E-state index is 12.8. The number of fused-ring (bicyclic) bond motifs is 1. The van der Waals surface area contributed by atoms with Crippen molar-refractivity contribution in [3.8, 4) is 0 Å². The third-order valence-corrected chi connectivity index (χ3v) is 5.01. The number of nitrogens with zero attached hydrogens (tertiary/aromatic N) is 1. The Kier molecular flexibility index (Phi) is 6.08. The van der Waals surface area contributed by atoms with Gasteiger partial charge in [0.25, 0.3) is 11.1 Å². The molecule has 0 radical (unpaired) electrons. The van der Waals surface area contributed by atoms with E-state index in [2.05, 4.69) is 10.4 Å². The van der Waals surface area contributed by atoms with Crippen molar-refractivity contribution in [1.82, 2.24) is 15.1 Å². The zero-order chi connectivity index (χ0) is 19.2. The van der Waals surface area contributed by atoms with Crippen LogP contribution >= 0.6 is 11.8 Å². The molecule has 0 saturated heterocycles. The maximum Gasteiger partial charge on any atom is 0.273 e. The Bertz CT molecular complexity index is 1060. The molecule has 0 aliphatic rings. The molecule has 0 spiro atoms. The van der Waals surface area contributed by atoms with E-state index in [0.717, 1.165) is 21.8 Å². The predicted molar refractivity (Wildman–Crippen MR) is 104 cm³/mol. The van der Waals surface area contributed by atoms with E-state index in [0.29, 0.717) is 11.9 Å². The molecule has 140 valence electrons. The quantitative estimate of drug-likeness (QED) is 0.481. The highest BCUT2D eigenvalue weighted by atomic mass is 32.2. The van der Waals surface area contributed by atoms with Crippen LogP contribution in [0.3, 0.4) is 0 Å². The molecule has 0 atom stereocenters. The van der Waals surface area contributed by atoms with E-state index in [1.807, 2.05) is 0 Å². The van der Waals surface area contributed by atoms with Crippen LogP contribution in [-0.4, -0.2) is 28.0 Å². The summed E-state index contributed by atoms with van der Waals surface area (Å²) in [6, 6.07) is 12.7. The second-order valence-corrected chi connectivity index (χ2v) is 7.05. The number of nitrogens with one attached hydrogen (secondary N) is 2. The maximum atomic E-state index is 12.8. The molecule has 8 heteroatoms. The summed E-state index contributed by atoms with van der Waals surface area (Å²) in [7, 11) is 0. The molecule has 0 bridgehead atoms. The van der Waals surface area contributed by atoms with Gasteiger partial charge in [0.2, 0.25) is 5.91 Å². The molecule has 2 N–H and O–H groups in total. The van der Waals surface area contributed by atoms with Crippen LogP contribution in [0.25, 0.3) is 10.8 Å². The number of thioether (sulfide) groups is 1. The summed E-state index contributed by atoms with van der Waals surface area (Å²) in [4.78, 5) is 37.4. The zero-order valence-corrected chi connectivity index (χ0v) is 15.2. The molecule has 0 saturated carbocycles. The van der Waals surface area contributed by atoms with Crippen LogP contribution in [0.5, 0.6) is 0 Å². The first-order valence-electron chi connectivity index (χ1n) is 8.41. The summed E-state index contributed by atoms with van der Waals surface area (Å²) in [5, 5.41) is 5.74. The smallest absolute Gasteiger partial charge is 0.273 e. The fourth-order valence-corrected chi connectivity index (χ4v) is 3.43. The number of carbonyl (C=O) groups excluding carboxylic acids is 1. The van der Waals surface area contributed by atoms with Crippen molar-refractivity contribution < 1.29 is 9.18 Å². The minimum atomic E-state index is -0.410. The van der Waals surface area contributed by atoms with Crippen molar-refractivity contribution in [1.29, 1.82) is 0 Å². The van der Waals surface area contributed by atoms with Gasteiger partial charge in [-0.15, -0.1) is 11.8 Å². The summed E-state index contributed by atoms with van der Waals surface area (Å²) >= 11 is 1.57. The third kappa shape index (κ3) is 4.85. The Morgan fingerprint density at radius 3 is 2.52 bits per heavy atom. The molecule has 6 nitrogen and oxygen atoms in total. The number of carbonyl (C=O) groups is 1. The van der Waals surface area contributed by atoms with Crippen LogP contribution in [0.1, 0.15) is 6.42 Å². The summed E-state index contributed by atoms with van der Waals surface area (Å²) in [5.41, 5.74) is -0.819. The van der Waals surface area contributed by atoms with Gasteiger partial charge in [-0.1, -0.05) is 12.1 Å². The number of amides is 1. The highest BCUT2D eigenvalue weighted by Gasteiger charge is 2.09. The molecule has 0 aliphatic heterocycles. The van der Waals surface area contributed by atoms with E-state index in [4.69, 9.17) is 0 Å². The van der Waals surface area contributed by atoms with E-state index in [9.17, 15) is 18.8 Å². The van der Waals surface area contributed by atoms with Gasteiger partial charge < -0.3 is 5.32 Å². The third-order valence-electron chi connectivity index (χ3n) is 3.91. The van der Waals surface area contributed by atoms with Crippen molar-refractivity contribution in [2.45, 2.75) is 17.9 Å². The Labute approximate surface area is 158 Å². The van der Waals surface area contributed by atoms with E-state index in [-0.39, 0.29) is 23.7 Å². The van der Waals surface area contributed by atoms with Gasteiger partial charge in [-0.25, -0.2) is 9.07 Å². The van der Waals surface area contributed by atoms with E-state index >= 15 is 0 Å². The normalized spacial score (nSPS) is 10.9. The molecule has 1 aromatic heterocycles. The van der Waals surface area contributed by atoms with Gasteiger partial charge in [0.05, 0.1) is 10.8 Å². The van der Waals surface area contributed by atoms with Gasteiger partial charge in [0, 0.05) is 11.4 Å². The summed E-state index contributed by atoms with van der Waals surface area (Å²) in [6.45, 7) is 0.198. The molecule has 0 aliphatic carbocycles. The first kappa shape index (κ1) is 18.9. The summed E-state index contributed by atoms with van der Waals surface area (Å²) < 4.78 is 13.9. The largest absolute Gasteiger partial charge is 0.354 e. The van der Waals surface area contributed by atoms with E-state index < -0.39 is 11.1 Å². The van der Waals surface area contributed by atoms with Crippen molar-refractivity contribution in [3.05, 3.63) is 75.1 Å². The number of aromatic amines is 1. The van der Waals surface area contributed by atoms with Gasteiger partial charge >= 0.3 is 0 Å². The number of aromatic nitrogens is 2. The average molecular weight is 387 g/mol. The topological polar surface area (TPSA) is 84.0 Å². The Morgan fingerprint density at radius 1 is 1.07 bits per heavy atom. The minimum Gasteiger partial charge on any atom is -0.354 e. The van der Waals surface area contributed by atoms with Crippen LogP contribution < -0.4 is 16.4 Å². The van der Waals surface area contributed by atoms with Crippen LogP contribution in [-0.2, 0) is 11.3 Å². The number of H-pyrrole nitrogens is 1. The van der Waals surface area contributed by atoms with Crippen LogP contribution in [0.2, 0.25) is 0 Å². The average Bonchev–Trinajstić information content (AvgIpc) is 2.67. The summed E-state index contributed by atoms with van der Waals surface area (Å²) in [6.07, 6.45) is 0.719. The van der Waals surface area contributed by atoms with Crippen LogP contribution in [0.15, 0.2) is 63.0 Å². The Hall–Kier alpha value is -2.87. The van der Waals surface area contributed by atoms with Gasteiger partial charge in [-0.05, 0) is 48.6 Å². The van der Waals surface area contributed by atoms with E-state index in [1.54, 1.807) is 48.2 Å². The molecule has 0 fully saturated rings.